The van der Waals surface area contributed by atoms with Crippen LogP contribution in [0, 0.1) is 0 Å². The first-order valence-corrected chi connectivity index (χ1v) is 6.21. The Kier molecular flexibility index (Phi) is 6.32. The number of nitrogens with two attached hydrogens (primary N) is 1. The number of ether oxygens (including phenoxy) is 1. The van der Waals surface area contributed by atoms with E-state index in [4.69, 9.17) is 10.5 Å². The quantitative estimate of drug-likeness (QED) is 0.883. The van der Waals surface area contributed by atoms with E-state index >= 15 is 0 Å². The number of aromatic nitrogens is 2. The van der Waals surface area contributed by atoms with Gasteiger partial charge < -0.3 is 15.5 Å². The topological polar surface area (TPSA) is 81.0 Å². The first kappa shape index (κ1) is 14.9. The van der Waals surface area contributed by atoms with E-state index in [9.17, 15) is 4.79 Å². The first-order chi connectivity index (χ1) is 9.25. The van der Waals surface area contributed by atoms with Crippen molar-refractivity contribution in [3.8, 4) is 0 Å². The molecule has 5 nitrogen and oxygen atoms in total. The van der Waals surface area contributed by atoms with Gasteiger partial charge in [0.2, 0.25) is 0 Å². The summed E-state index contributed by atoms with van der Waals surface area (Å²) in [5.74, 6) is 0.472. The molecule has 2 aromatic rings. The van der Waals surface area contributed by atoms with Crippen molar-refractivity contribution in [1.29, 1.82) is 0 Å². The van der Waals surface area contributed by atoms with Crippen LogP contribution >= 0.6 is 0 Å². The van der Waals surface area contributed by atoms with Crippen molar-refractivity contribution in [3.63, 3.8) is 0 Å². The molecule has 0 amide bonds. The molecule has 0 fully saturated rings. The Bertz CT molecular complexity index is 538. The number of H-pyrrole nitrogens is 1. The normalized spacial score (nSPS) is 9.58. The maximum atomic E-state index is 11.2. The zero-order valence-corrected chi connectivity index (χ0v) is 11.2. The van der Waals surface area contributed by atoms with Crippen LogP contribution in [0.5, 0.6) is 0 Å². The van der Waals surface area contributed by atoms with Crippen molar-refractivity contribution in [2.45, 2.75) is 27.1 Å². The number of nitrogens with zero attached hydrogens (tertiary/aromatic N) is 1. The molecule has 19 heavy (non-hydrogen) atoms. The molecule has 3 N–H and O–H groups in total. The van der Waals surface area contributed by atoms with Crippen molar-refractivity contribution in [3.05, 3.63) is 58.3 Å². The third-order valence-electron chi connectivity index (χ3n) is 2.23. The van der Waals surface area contributed by atoms with E-state index in [1.807, 2.05) is 44.2 Å². The summed E-state index contributed by atoms with van der Waals surface area (Å²) in [5.41, 5.74) is 6.21. The van der Waals surface area contributed by atoms with Gasteiger partial charge >= 0.3 is 0 Å². The molecule has 5 heteroatoms. The lowest BCUT2D eigenvalue weighted by Gasteiger charge is -2.03. The highest BCUT2D eigenvalue weighted by Gasteiger charge is 1.99. The van der Waals surface area contributed by atoms with Gasteiger partial charge in [0.25, 0.3) is 5.56 Å². The number of rotatable bonds is 4. The highest BCUT2D eigenvalue weighted by molar-refractivity contribution is 5.30. The van der Waals surface area contributed by atoms with Crippen LogP contribution in [0.1, 0.15) is 25.2 Å². The van der Waals surface area contributed by atoms with E-state index in [1.54, 1.807) is 0 Å². The molecule has 1 aromatic heterocycles. The molecule has 0 aliphatic carbocycles. The second-order valence-corrected chi connectivity index (χ2v) is 3.59. The molecule has 0 radical (unpaired) electrons. The molecular weight excluding hydrogens is 242 g/mol. The summed E-state index contributed by atoms with van der Waals surface area (Å²) >= 11 is 0. The smallest absolute Gasteiger partial charge is 0.274 e. The minimum absolute atomic E-state index is 0.108. The Balaban J connectivity index is 0.000000861. The fourth-order valence-corrected chi connectivity index (χ4v) is 1.35. The van der Waals surface area contributed by atoms with Gasteiger partial charge in [-0.1, -0.05) is 44.2 Å². The van der Waals surface area contributed by atoms with Crippen LogP contribution in [0.25, 0.3) is 0 Å². The summed E-state index contributed by atoms with van der Waals surface area (Å²) in [6, 6.07) is 9.78. The van der Waals surface area contributed by atoms with Crippen LogP contribution in [-0.4, -0.2) is 9.97 Å². The maximum absolute atomic E-state index is 11.2. The van der Waals surface area contributed by atoms with Crippen molar-refractivity contribution in [2.24, 2.45) is 0 Å². The first-order valence-electron chi connectivity index (χ1n) is 6.21. The largest absolute Gasteiger partial charge is 0.393 e. The SMILES string of the molecule is CC.Nc1cnc(COCc2ccccc2)[nH]c1=O. The average molecular weight is 261 g/mol. The van der Waals surface area contributed by atoms with E-state index < -0.39 is 0 Å². The van der Waals surface area contributed by atoms with E-state index in [2.05, 4.69) is 9.97 Å². The summed E-state index contributed by atoms with van der Waals surface area (Å²) in [7, 11) is 0. The average Bonchev–Trinajstić information content (AvgIpc) is 2.46. The van der Waals surface area contributed by atoms with E-state index in [0.717, 1.165) is 5.56 Å². The molecule has 0 aliphatic rings. The van der Waals surface area contributed by atoms with Crippen molar-refractivity contribution in [2.75, 3.05) is 5.73 Å². The molecule has 0 aliphatic heterocycles. The molecule has 102 valence electrons. The number of hydrogen-bond donors (Lipinski definition) is 2. The predicted octanol–water partition coefficient (Wildman–Crippen LogP) is 2.10. The highest BCUT2D eigenvalue weighted by Crippen LogP contribution is 2.02. The monoisotopic (exact) mass is 261 g/mol. The minimum Gasteiger partial charge on any atom is -0.393 e. The van der Waals surface area contributed by atoms with Gasteiger partial charge in [-0.25, -0.2) is 4.98 Å². The summed E-state index contributed by atoms with van der Waals surface area (Å²) in [5, 5.41) is 0. The molecule has 0 spiro atoms. The van der Waals surface area contributed by atoms with Crippen LogP contribution in [0.2, 0.25) is 0 Å². The van der Waals surface area contributed by atoms with Crippen molar-refractivity contribution < 1.29 is 4.74 Å². The number of benzene rings is 1. The van der Waals surface area contributed by atoms with E-state index in [-0.39, 0.29) is 17.9 Å². The molecule has 2 rings (SSSR count). The molecule has 0 saturated heterocycles. The lowest BCUT2D eigenvalue weighted by molar-refractivity contribution is 0.101. The van der Waals surface area contributed by atoms with Crippen molar-refractivity contribution >= 4 is 5.69 Å². The molecule has 0 saturated carbocycles. The predicted molar refractivity (Wildman–Crippen MR) is 75.6 cm³/mol. The molecule has 0 unspecified atom stereocenters. The lowest BCUT2D eigenvalue weighted by atomic mass is 10.2. The van der Waals surface area contributed by atoms with Gasteiger partial charge in [0.05, 0.1) is 12.8 Å². The maximum Gasteiger partial charge on any atom is 0.274 e. The summed E-state index contributed by atoms with van der Waals surface area (Å²) in [6.07, 6.45) is 1.33. The van der Waals surface area contributed by atoms with Crippen LogP contribution in [-0.2, 0) is 18.0 Å². The molecule has 1 heterocycles. The third-order valence-corrected chi connectivity index (χ3v) is 2.23. The molecule has 0 bridgehead atoms. The summed E-state index contributed by atoms with van der Waals surface area (Å²) in [6.45, 7) is 4.74. The highest BCUT2D eigenvalue weighted by atomic mass is 16.5. The second-order valence-electron chi connectivity index (χ2n) is 3.59. The fraction of sp³-hybridized carbons (Fsp3) is 0.286. The third kappa shape index (κ3) is 4.93. The molecular formula is C14H19N3O2. The van der Waals surface area contributed by atoms with E-state index in [1.165, 1.54) is 6.20 Å². The van der Waals surface area contributed by atoms with Gasteiger partial charge in [-0.2, -0.15) is 0 Å². The number of nitrogen functional groups attached to an aromatic ring is 1. The number of aromatic amines is 1. The van der Waals surface area contributed by atoms with E-state index in [0.29, 0.717) is 12.4 Å². The molecule has 1 aromatic carbocycles. The van der Waals surface area contributed by atoms with Gasteiger partial charge in [0.1, 0.15) is 18.1 Å². The fourth-order valence-electron chi connectivity index (χ4n) is 1.35. The number of anilines is 1. The summed E-state index contributed by atoms with van der Waals surface area (Å²) < 4.78 is 5.43. The Morgan fingerprint density at radius 1 is 1.21 bits per heavy atom. The van der Waals surface area contributed by atoms with Crippen LogP contribution in [0.15, 0.2) is 41.3 Å². The van der Waals surface area contributed by atoms with Gasteiger partial charge in [0, 0.05) is 0 Å². The van der Waals surface area contributed by atoms with Crippen molar-refractivity contribution in [1.82, 2.24) is 9.97 Å². The number of nitrogens with one attached hydrogen (secondary N) is 1. The summed E-state index contributed by atoms with van der Waals surface area (Å²) in [4.78, 5) is 17.7. The van der Waals surface area contributed by atoms with Gasteiger partial charge in [0.15, 0.2) is 0 Å². The Morgan fingerprint density at radius 3 is 2.53 bits per heavy atom. The standard InChI is InChI=1S/C12H13N3O2.C2H6/c13-10-6-14-11(15-12(10)16)8-17-7-9-4-2-1-3-5-9;1-2/h1-6H,7-8,13H2,(H,14,15,16);1-2H3. The van der Waals surface area contributed by atoms with Gasteiger partial charge in [-0.3, -0.25) is 4.79 Å². The van der Waals surface area contributed by atoms with Gasteiger partial charge in [-0.15, -0.1) is 0 Å². The lowest BCUT2D eigenvalue weighted by Crippen LogP contribution is -2.15. The zero-order chi connectivity index (χ0) is 14.1. The molecule has 0 atom stereocenters. The Morgan fingerprint density at radius 2 is 1.89 bits per heavy atom. The minimum atomic E-state index is -0.335. The Hall–Kier alpha value is -2.14. The van der Waals surface area contributed by atoms with Crippen LogP contribution in [0.3, 0.4) is 0 Å². The number of hydrogen-bond acceptors (Lipinski definition) is 4. The van der Waals surface area contributed by atoms with Crippen LogP contribution in [0.4, 0.5) is 5.69 Å². The van der Waals surface area contributed by atoms with Gasteiger partial charge in [-0.05, 0) is 5.56 Å². The Labute approximate surface area is 112 Å². The second kappa shape index (κ2) is 8.05. The zero-order valence-electron chi connectivity index (χ0n) is 11.2. The van der Waals surface area contributed by atoms with Crippen LogP contribution < -0.4 is 11.3 Å².